The summed E-state index contributed by atoms with van der Waals surface area (Å²) in [7, 11) is 0. The van der Waals surface area contributed by atoms with Crippen molar-refractivity contribution in [2.24, 2.45) is 5.73 Å². The van der Waals surface area contributed by atoms with Gasteiger partial charge in [0.2, 0.25) is 11.4 Å². The molecule has 0 fully saturated rings. The summed E-state index contributed by atoms with van der Waals surface area (Å²) in [5.41, 5.74) is 4.23. The molecule has 112 valence electrons. The van der Waals surface area contributed by atoms with Crippen molar-refractivity contribution in [2.45, 2.75) is 45.1 Å². The molecule has 0 aliphatic heterocycles. The van der Waals surface area contributed by atoms with Crippen molar-refractivity contribution in [1.82, 2.24) is 5.32 Å². The number of carbonyl (C=O) groups is 1. The van der Waals surface area contributed by atoms with E-state index in [1.54, 1.807) is 6.92 Å². The maximum Gasteiger partial charge on any atom is 0.220 e. The third kappa shape index (κ3) is 7.74. The zero-order chi connectivity index (χ0) is 14.7. The molecule has 0 radical (unpaired) electrons. The lowest BCUT2D eigenvalue weighted by Gasteiger charge is -2.19. The van der Waals surface area contributed by atoms with Gasteiger partial charge in [-0.3, -0.25) is 14.9 Å². The molecule has 0 aromatic rings. The van der Waals surface area contributed by atoms with Crippen LogP contribution in [0.1, 0.15) is 39.5 Å². The van der Waals surface area contributed by atoms with E-state index in [9.17, 15) is 14.9 Å². The number of hydrogen-bond donors (Lipinski definition) is 2. The Kier molecular flexibility index (Phi) is 9.07. The largest absolute Gasteiger partial charge is 0.378 e. The maximum atomic E-state index is 11.5. The molecule has 0 spiro atoms. The van der Waals surface area contributed by atoms with Gasteiger partial charge in [0.05, 0.1) is 13.2 Å². The number of nitrogens with zero attached hydrogens (tertiary/aromatic N) is 1. The van der Waals surface area contributed by atoms with Crippen molar-refractivity contribution >= 4 is 5.91 Å². The van der Waals surface area contributed by atoms with Crippen LogP contribution in [0.2, 0.25) is 0 Å². The summed E-state index contributed by atoms with van der Waals surface area (Å²) in [6.07, 6.45) is 1.62. The lowest BCUT2D eigenvalue weighted by molar-refractivity contribution is -0.567. The van der Waals surface area contributed by atoms with Crippen LogP contribution in [0.5, 0.6) is 0 Å². The topological polar surface area (TPSA) is 107 Å². The molecule has 0 aliphatic carbocycles. The number of nitrogens with two attached hydrogens (primary N) is 1. The van der Waals surface area contributed by atoms with Gasteiger partial charge in [-0.15, -0.1) is 0 Å². The van der Waals surface area contributed by atoms with Crippen molar-refractivity contribution in [1.29, 1.82) is 0 Å². The SMILES string of the molecule is CCCC(C)(CCC(=O)NCCOCCN)[N+](=O)[O-]. The Morgan fingerprint density at radius 2 is 2.11 bits per heavy atom. The van der Waals surface area contributed by atoms with Crippen molar-refractivity contribution in [3.63, 3.8) is 0 Å². The highest BCUT2D eigenvalue weighted by atomic mass is 16.6. The fourth-order valence-electron chi connectivity index (χ4n) is 1.77. The van der Waals surface area contributed by atoms with Crippen LogP contribution in [0.4, 0.5) is 0 Å². The Hall–Kier alpha value is -1.21. The first-order chi connectivity index (χ1) is 8.96. The first kappa shape index (κ1) is 17.8. The van der Waals surface area contributed by atoms with Crippen LogP contribution >= 0.6 is 0 Å². The molecule has 7 nitrogen and oxygen atoms in total. The van der Waals surface area contributed by atoms with Crippen LogP contribution in [0.15, 0.2) is 0 Å². The van der Waals surface area contributed by atoms with Gasteiger partial charge in [-0.1, -0.05) is 6.92 Å². The van der Waals surface area contributed by atoms with Gasteiger partial charge in [0, 0.05) is 44.2 Å². The third-order valence-corrected chi connectivity index (χ3v) is 2.95. The first-order valence-corrected chi connectivity index (χ1v) is 6.65. The predicted molar refractivity (Wildman–Crippen MR) is 72.4 cm³/mol. The monoisotopic (exact) mass is 275 g/mol. The van der Waals surface area contributed by atoms with Crippen LogP contribution in [0, 0.1) is 10.1 Å². The summed E-state index contributed by atoms with van der Waals surface area (Å²) in [6, 6.07) is 0. The number of carbonyl (C=O) groups excluding carboxylic acids is 1. The lowest BCUT2D eigenvalue weighted by atomic mass is 9.91. The zero-order valence-electron chi connectivity index (χ0n) is 11.8. The minimum atomic E-state index is -1.01. The smallest absolute Gasteiger partial charge is 0.220 e. The van der Waals surface area contributed by atoms with E-state index in [4.69, 9.17) is 10.5 Å². The van der Waals surface area contributed by atoms with Crippen LogP contribution in [-0.4, -0.2) is 42.7 Å². The minimum Gasteiger partial charge on any atom is -0.378 e. The van der Waals surface area contributed by atoms with Gasteiger partial charge < -0.3 is 15.8 Å². The number of ether oxygens (including phenoxy) is 1. The zero-order valence-corrected chi connectivity index (χ0v) is 11.8. The molecule has 1 unspecified atom stereocenters. The Morgan fingerprint density at radius 1 is 1.42 bits per heavy atom. The predicted octanol–water partition coefficient (Wildman–Crippen LogP) is 0.694. The standard InChI is InChI=1S/C12H25N3O4/c1-3-5-12(2,15(17)18)6-4-11(16)14-8-10-19-9-7-13/h3-10,13H2,1-2H3,(H,14,16). The molecule has 0 heterocycles. The fourth-order valence-corrected chi connectivity index (χ4v) is 1.77. The summed E-state index contributed by atoms with van der Waals surface area (Å²) < 4.78 is 5.11. The minimum absolute atomic E-state index is 0.161. The molecule has 0 aliphatic rings. The molecule has 1 atom stereocenters. The van der Waals surface area contributed by atoms with E-state index in [1.807, 2.05) is 6.92 Å². The normalized spacial score (nSPS) is 13.8. The molecule has 3 N–H and O–H groups in total. The molecule has 1 amide bonds. The number of nitrogens with one attached hydrogen (secondary N) is 1. The van der Waals surface area contributed by atoms with E-state index in [0.717, 1.165) is 6.42 Å². The summed E-state index contributed by atoms with van der Waals surface area (Å²) in [5, 5.41) is 13.7. The van der Waals surface area contributed by atoms with E-state index in [0.29, 0.717) is 32.7 Å². The molecule has 19 heavy (non-hydrogen) atoms. The fraction of sp³-hybridized carbons (Fsp3) is 0.917. The molecule has 0 saturated heterocycles. The van der Waals surface area contributed by atoms with Gasteiger partial charge in [0.25, 0.3) is 0 Å². The molecule has 0 saturated carbocycles. The molecular formula is C12H25N3O4. The highest BCUT2D eigenvalue weighted by Gasteiger charge is 2.36. The summed E-state index contributed by atoms with van der Waals surface area (Å²) in [6.45, 7) is 5.22. The van der Waals surface area contributed by atoms with Crippen LogP contribution in [0.3, 0.4) is 0 Å². The second-order valence-corrected chi connectivity index (χ2v) is 4.76. The van der Waals surface area contributed by atoms with Gasteiger partial charge in [-0.25, -0.2) is 0 Å². The quantitative estimate of drug-likeness (QED) is 0.328. The number of amides is 1. The van der Waals surface area contributed by atoms with Gasteiger partial charge in [-0.05, 0) is 6.42 Å². The molecule has 0 aromatic carbocycles. The Balaban J connectivity index is 3.90. The van der Waals surface area contributed by atoms with E-state index >= 15 is 0 Å². The summed E-state index contributed by atoms with van der Waals surface area (Å²) >= 11 is 0. The molecule has 0 aromatic heterocycles. The van der Waals surface area contributed by atoms with Crippen molar-refractivity contribution in [3.05, 3.63) is 10.1 Å². The molecular weight excluding hydrogens is 250 g/mol. The number of rotatable bonds is 11. The second kappa shape index (κ2) is 9.69. The van der Waals surface area contributed by atoms with Crippen LogP contribution in [0.25, 0.3) is 0 Å². The maximum absolute atomic E-state index is 11.5. The van der Waals surface area contributed by atoms with Crippen LogP contribution in [-0.2, 0) is 9.53 Å². The number of hydrogen-bond acceptors (Lipinski definition) is 5. The Labute approximate surface area is 114 Å². The first-order valence-electron chi connectivity index (χ1n) is 6.65. The number of nitro groups is 1. The van der Waals surface area contributed by atoms with Crippen LogP contribution < -0.4 is 11.1 Å². The van der Waals surface area contributed by atoms with Crippen molar-refractivity contribution in [3.8, 4) is 0 Å². The lowest BCUT2D eigenvalue weighted by Crippen LogP contribution is -2.37. The van der Waals surface area contributed by atoms with E-state index in [1.165, 1.54) is 0 Å². The molecule has 0 rings (SSSR count). The van der Waals surface area contributed by atoms with Crippen molar-refractivity contribution < 1.29 is 14.5 Å². The van der Waals surface area contributed by atoms with E-state index < -0.39 is 5.54 Å². The molecule has 7 heteroatoms. The van der Waals surface area contributed by atoms with Crippen molar-refractivity contribution in [2.75, 3.05) is 26.3 Å². The Bertz CT molecular complexity index is 286. The average molecular weight is 275 g/mol. The highest BCUT2D eigenvalue weighted by Crippen LogP contribution is 2.22. The van der Waals surface area contributed by atoms with E-state index in [-0.39, 0.29) is 23.7 Å². The van der Waals surface area contributed by atoms with Gasteiger partial charge in [0.15, 0.2) is 0 Å². The van der Waals surface area contributed by atoms with E-state index in [2.05, 4.69) is 5.32 Å². The average Bonchev–Trinajstić information content (AvgIpc) is 2.36. The van der Waals surface area contributed by atoms with Gasteiger partial charge >= 0.3 is 0 Å². The van der Waals surface area contributed by atoms with Gasteiger partial charge in [0.1, 0.15) is 0 Å². The van der Waals surface area contributed by atoms with Gasteiger partial charge in [-0.2, -0.15) is 0 Å². The summed E-state index contributed by atoms with van der Waals surface area (Å²) in [4.78, 5) is 22.2. The Morgan fingerprint density at radius 3 is 2.63 bits per heavy atom. The molecule has 0 bridgehead atoms. The highest BCUT2D eigenvalue weighted by molar-refractivity contribution is 5.75. The third-order valence-electron chi connectivity index (χ3n) is 2.95. The summed E-state index contributed by atoms with van der Waals surface area (Å²) in [5.74, 6) is -0.180. The second-order valence-electron chi connectivity index (χ2n) is 4.76.